The van der Waals surface area contributed by atoms with Gasteiger partial charge in [0, 0.05) is 14.1 Å². The maximum atomic E-state index is 12.8. The van der Waals surface area contributed by atoms with Crippen molar-refractivity contribution in [1.82, 2.24) is 19.5 Å². The molecule has 42 heavy (non-hydrogen) atoms. The van der Waals surface area contributed by atoms with Crippen molar-refractivity contribution < 1.29 is 47.5 Å². The van der Waals surface area contributed by atoms with Gasteiger partial charge in [0.1, 0.15) is 30.2 Å². The topological polar surface area (TPSA) is 162 Å². The van der Waals surface area contributed by atoms with E-state index in [-0.39, 0.29) is 0 Å². The molecule has 0 saturated carbocycles. The van der Waals surface area contributed by atoms with E-state index in [9.17, 15) is 14.4 Å². The Bertz CT molecular complexity index is 1280. The van der Waals surface area contributed by atoms with E-state index in [2.05, 4.69) is 15.1 Å². The molecule has 0 aromatic carbocycles. The number of rotatable bonds is 10. The third-order valence-electron chi connectivity index (χ3n) is 5.69. The van der Waals surface area contributed by atoms with Crippen LogP contribution in [0.1, 0.15) is 60.3 Å². The Labute approximate surface area is 244 Å². The Hall–Kier alpha value is -4.14. The molecular weight excluding hydrogens is 554 g/mol. The van der Waals surface area contributed by atoms with Crippen molar-refractivity contribution in [3.8, 4) is 0 Å². The molecule has 0 bridgehead atoms. The highest BCUT2D eigenvalue weighted by Gasteiger charge is 2.59. The first-order valence-corrected chi connectivity index (χ1v) is 13.5. The zero-order chi connectivity index (χ0) is 31.2. The Balaban J connectivity index is 2.08. The minimum atomic E-state index is -1.54. The predicted molar refractivity (Wildman–Crippen MR) is 148 cm³/mol. The second-order valence-electron chi connectivity index (χ2n) is 10.9. The molecule has 1 fully saturated rings. The van der Waals surface area contributed by atoms with E-state index >= 15 is 0 Å². The standard InChI is InChI=1S/C27H39N5O10/c1-15(2)37-24(33)36-12-27(7)22(41-26(35)39-17(5)6)21(40-25(34)38-16(3)4)20(42-27)18-10-11-19-23(29-14-31(8)9)28-13-30-32(18)19/h10-11,13-17,20-22H,12H2,1-9H3/t20-,21-,22-,27+/m0/s1. The second-order valence-corrected chi connectivity index (χ2v) is 10.9. The summed E-state index contributed by atoms with van der Waals surface area (Å²) in [5.74, 6) is 0.371. The molecule has 15 nitrogen and oxygen atoms in total. The van der Waals surface area contributed by atoms with Crippen LogP contribution in [-0.4, -0.2) is 101 Å². The predicted octanol–water partition coefficient (Wildman–Crippen LogP) is 4.20. The lowest BCUT2D eigenvalue weighted by Gasteiger charge is -2.30. The quantitative estimate of drug-likeness (QED) is 0.167. The molecule has 3 heterocycles. The van der Waals surface area contributed by atoms with Crippen LogP contribution in [0.5, 0.6) is 0 Å². The monoisotopic (exact) mass is 593 g/mol. The van der Waals surface area contributed by atoms with E-state index in [0.717, 1.165) is 0 Å². The number of aromatic nitrogens is 3. The summed E-state index contributed by atoms with van der Waals surface area (Å²) < 4.78 is 40.1. The van der Waals surface area contributed by atoms with Gasteiger partial charge < -0.3 is 38.1 Å². The van der Waals surface area contributed by atoms with Gasteiger partial charge in [0.2, 0.25) is 0 Å². The maximum absolute atomic E-state index is 12.8. The van der Waals surface area contributed by atoms with Crippen molar-refractivity contribution in [3.63, 3.8) is 0 Å². The fraction of sp³-hybridized carbons (Fsp3) is 0.630. The van der Waals surface area contributed by atoms with E-state index in [1.54, 1.807) is 71.8 Å². The lowest BCUT2D eigenvalue weighted by molar-refractivity contribution is -0.120. The van der Waals surface area contributed by atoms with Crippen LogP contribution >= 0.6 is 0 Å². The second kappa shape index (κ2) is 13.7. The van der Waals surface area contributed by atoms with Crippen molar-refractivity contribution >= 4 is 36.1 Å². The van der Waals surface area contributed by atoms with E-state index in [1.165, 1.54) is 10.8 Å². The summed E-state index contributed by atoms with van der Waals surface area (Å²) in [4.78, 5) is 48.1. The summed E-state index contributed by atoms with van der Waals surface area (Å²) in [6.07, 6.45) is -5.24. The van der Waals surface area contributed by atoms with Gasteiger partial charge in [-0.3, -0.25) is 0 Å². The molecule has 1 saturated heterocycles. The number of ether oxygens (including phenoxy) is 7. The van der Waals surface area contributed by atoms with Gasteiger partial charge in [-0.2, -0.15) is 5.10 Å². The SMILES string of the molecule is CC(C)OC(=O)OC[C@@]1(C)O[C@@H](c2ccc3c(N=CN(C)C)ncnn23)[C@H](OC(=O)OC(C)C)[C@@H]1OC(=O)OC(C)C. The molecule has 15 heteroatoms. The van der Waals surface area contributed by atoms with Crippen LogP contribution in [0.4, 0.5) is 20.2 Å². The van der Waals surface area contributed by atoms with Gasteiger partial charge in [-0.25, -0.2) is 28.9 Å². The molecule has 0 amide bonds. The molecular formula is C27H39N5O10. The zero-order valence-corrected chi connectivity index (χ0v) is 25.3. The fourth-order valence-corrected chi connectivity index (χ4v) is 4.10. The molecule has 2 aromatic rings. The number of hydrogen-bond acceptors (Lipinski definition) is 13. The van der Waals surface area contributed by atoms with Gasteiger partial charge in [0.25, 0.3) is 0 Å². The zero-order valence-electron chi connectivity index (χ0n) is 25.3. The van der Waals surface area contributed by atoms with Crippen molar-refractivity contribution in [2.75, 3.05) is 20.7 Å². The van der Waals surface area contributed by atoms with E-state index in [0.29, 0.717) is 17.0 Å². The first-order chi connectivity index (χ1) is 19.7. The minimum Gasteiger partial charge on any atom is -0.432 e. The molecule has 4 atom stereocenters. The molecule has 0 aliphatic carbocycles. The average molecular weight is 594 g/mol. The normalized spacial score (nSPS) is 22.1. The number of carbonyl (C=O) groups is 3. The van der Waals surface area contributed by atoms with Gasteiger partial charge in [0.15, 0.2) is 18.0 Å². The van der Waals surface area contributed by atoms with E-state index < -0.39 is 67.3 Å². The number of aliphatic imine (C=N–C) groups is 1. The summed E-state index contributed by atoms with van der Waals surface area (Å²) in [6.45, 7) is 11.1. The fourth-order valence-electron chi connectivity index (χ4n) is 4.10. The lowest BCUT2D eigenvalue weighted by Crippen LogP contribution is -2.49. The van der Waals surface area contributed by atoms with Crippen LogP contribution in [0.25, 0.3) is 5.52 Å². The number of fused-ring (bicyclic) bond motifs is 1. The Morgan fingerprint density at radius 3 is 2.19 bits per heavy atom. The van der Waals surface area contributed by atoms with Gasteiger partial charge >= 0.3 is 18.5 Å². The minimum absolute atomic E-state index is 0.371. The van der Waals surface area contributed by atoms with Gasteiger partial charge in [-0.05, 0) is 60.6 Å². The molecule has 2 aromatic heterocycles. The molecule has 0 N–H and O–H groups in total. The molecule has 232 valence electrons. The molecule has 0 radical (unpaired) electrons. The molecule has 1 aliphatic heterocycles. The Kier molecular flexibility index (Phi) is 10.5. The summed E-state index contributed by atoms with van der Waals surface area (Å²) >= 11 is 0. The van der Waals surface area contributed by atoms with Crippen molar-refractivity contribution in [2.45, 2.75) is 90.7 Å². The van der Waals surface area contributed by atoms with Crippen molar-refractivity contribution in [3.05, 3.63) is 24.2 Å². The number of hydrogen-bond donors (Lipinski definition) is 0. The maximum Gasteiger partial charge on any atom is 0.509 e. The Morgan fingerprint density at radius 1 is 1.00 bits per heavy atom. The smallest absolute Gasteiger partial charge is 0.432 e. The van der Waals surface area contributed by atoms with Crippen LogP contribution < -0.4 is 0 Å². The summed E-state index contributed by atoms with van der Waals surface area (Å²) in [6, 6.07) is 3.41. The number of carbonyl (C=O) groups excluding carboxylic acids is 3. The van der Waals surface area contributed by atoms with Gasteiger partial charge in [-0.1, -0.05) is 0 Å². The van der Waals surface area contributed by atoms with Crippen molar-refractivity contribution in [1.29, 1.82) is 0 Å². The number of nitrogens with zero attached hydrogens (tertiary/aromatic N) is 5. The van der Waals surface area contributed by atoms with Gasteiger partial charge in [0.05, 0.1) is 30.3 Å². The molecule has 0 unspecified atom stereocenters. The lowest BCUT2D eigenvalue weighted by atomic mass is 9.96. The van der Waals surface area contributed by atoms with Crippen LogP contribution in [0.15, 0.2) is 23.5 Å². The van der Waals surface area contributed by atoms with Crippen LogP contribution in [0, 0.1) is 0 Å². The first-order valence-electron chi connectivity index (χ1n) is 13.5. The third kappa shape index (κ3) is 8.21. The third-order valence-corrected chi connectivity index (χ3v) is 5.69. The Morgan fingerprint density at radius 2 is 1.60 bits per heavy atom. The first kappa shape index (κ1) is 32.4. The highest BCUT2D eigenvalue weighted by atomic mass is 16.8. The van der Waals surface area contributed by atoms with Crippen molar-refractivity contribution in [2.24, 2.45) is 4.99 Å². The summed E-state index contributed by atoms with van der Waals surface area (Å²) in [7, 11) is 3.64. The average Bonchev–Trinajstić information content (AvgIpc) is 3.40. The van der Waals surface area contributed by atoms with Gasteiger partial charge in [-0.15, -0.1) is 0 Å². The van der Waals surface area contributed by atoms with Crippen LogP contribution in [-0.2, 0) is 33.2 Å². The molecule has 3 rings (SSSR count). The highest BCUT2D eigenvalue weighted by Crippen LogP contribution is 2.44. The highest BCUT2D eigenvalue weighted by molar-refractivity contribution is 5.71. The molecule has 1 aliphatic rings. The van der Waals surface area contributed by atoms with E-state index in [1.807, 2.05) is 14.1 Å². The van der Waals surface area contributed by atoms with Crippen LogP contribution in [0.3, 0.4) is 0 Å². The van der Waals surface area contributed by atoms with Crippen LogP contribution in [0.2, 0.25) is 0 Å². The van der Waals surface area contributed by atoms with E-state index in [4.69, 9.17) is 33.2 Å². The molecule has 0 spiro atoms. The summed E-state index contributed by atoms with van der Waals surface area (Å²) in [5.41, 5.74) is -0.599. The summed E-state index contributed by atoms with van der Waals surface area (Å²) in [5, 5.41) is 4.34. The largest absolute Gasteiger partial charge is 0.509 e.